The first-order chi connectivity index (χ1) is 20.5. The van der Waals surface area contributed by atoms with E-state index in [0.717, 1.165) is 0 Å². The van der Waals surface area contributed by atoms with Crippen LogP contribution in [0.2, 0.25) is 25.7 Å². The largest absolute Gasteiger partial charge is 0.466 e. The van der Waals surface area contributed by atoms with Gasteiger partial charge in [0.1, 0.15) is 29.9 Å². The molecule has 2 N–H and O–H groups in total. The van der Waals surface area contributed by atoms with Crippen molar-refractivity contribution in [1.29, 1.82) is 0 Å². The van der Waals surface area contributed by atoms with Crippen LogP contribution in [0.3, 0.4) is 0 Å². The van der Waals surface area contributed by atoms with E-state index in [9.17, 15) is 24.0 Å². The van der Waals surface area contributed by atoms with Crippen molar-refractivity contribution in [2.24, 2.45) is 0 Å². The summed E-state index contributed by atoms with van der Waals surface area (Å²) in [5, 5.41) is 4.00. The zero-order valence-electron chi connectivity index (χ0n) is 27.7. The standard InChI is InChI=1S/C31H48F2N2O9Si/c1-29(2,3)43-25(37)22(15-16-24(36)41-17-18-45(7,8)9)34-27(39)31(32,33)19-23(26(38)44-30(4,5)6)35-28(40)42-20-21-13-11-10-12-14-21/h10-14,22-23H,15-20H2,1-9H3,(H,34,39)(H,35,40)/t22-,23-/m0/s1. The summed E-state index contributed by atoms with van der Waals surface area (Å²) >= 11 is 0. The number of nitrogens with one attached hydrogen (secondary N) is 2. The summed E-state index contributed by atoms with van der Waals surface area (Å²) in [5.41, 5.74) is -1.51. The molecule has 1 aromatic carbocycles. The van der Waals surface area contributed by atoms with Crippen LogP contribution in [0, 0.1) is 0 Å². The summed E-state index contributed by atoms with van der Waals surface area (Å²) in [4.78, 5) is 63.2. The average Bonchev–Trinajstić information content (AvgIpc) is 2.87. The van der Waals surface area contributed by atoms with Gasteiger partial charge in [-0.15, -0.1) is 0 Å². The molecule has 14 heteroatoms. The number of hydrogen-bond donors (Lipinski definition) is 2. The lowest BCUT2D eigenvalue weighted by Crippen LogP contribution is -2.54. The molecule has 45 heavy (non-hydrogen) atoms. The van der Waals surface area contributed by atoms with Gasteiger partial charge in [0.05, 0.1) is 13.0 Å². The van der Waals surface area contributed by atoms with Crippen LogP contribution in [0.1, 0.15) is 66.4 Å². The molecule has 0 radical (unpaired) electrons. The fourth-order valence-electron chi connectivity index (χ4n) is 3.51. The number of esters is 3. The van der Waals surface area contributed by atoms with Gasteiger partial charge >= 0.3 is 29.9 Å². The van der Waals surface area contributed by atoms with Crippen molar-refractivity contribution < 1.29 is 51.7 Å². The Morgan fingerprint density at radius 2 is 1.33 bits per heavy atom. The quantitative estimate of drug-likeness (QED) is 0.149. The molecule has 1 aromatic rings. The molecule has 2 amide bonds. The minimum Gasteiger partial charge on any atom is -0.466 e. The van der Waals surface area contributed by atoms with Crippen molar-refractivity contribution in [2.45, 2.75) is 122 Å². The van der Waals surface area contributed by atoms with Crippen molar-refractivity contribution in [3.05, 3.63) is 35.9 Å². The summed E-state index contributed by atoms with van der Waals surface area (Å²) in [7, 11) is -1.48. The number of hydrogen-bond acceptors (Lipinski definition) is 9. The van der Waals surface area contributed by atoms with Gasteiger partial charge in [0.25, 0.3) is 5.91 Å². The van der Waals surface area contributed by atoms with Crippen LogP contribution in [0.5, 0.6) is 0 Å². The second-order valence-electron chi connectivity index (χ2n) is 13.8. The number of alkyl halides is 2. The van der Waals surface area contributed by atoms with Gasteiger partial charge in [-0.25, -0.2) is 14.4 Å². The first-order valence-electron chi connectivity index (χ1n) is 14.7. The number of alkyl carbamates (subject to hydrolysis) is 1. The monoisotopic (exact) mass is 658 g/mol. The van der Waals surface area contributed by atoms with Crippen molar-refractivity contribution in [3.8, 4) is 0 Å². The van der Waals surface area contributed by atoms with Crippen LogP contribution in [0.15, 0.2) is 30.3 Å². The highest BCUT2D eigenvalue weighted by atomic mass is 28.3. The molecule has 0 bridgehead atoms. The number of amides is 2. The van der Waals surface area contributed by atoms with E-state index < -0.39 is 73.6 Å². The first-order valence-corrected chi connectivity index (χ1v) is 18.5. The number of carbonyl (C=O) groups is 5. The van der Waals surface area contributed by atoms with Crippen LogP contribution in [-0.2, 0) is 44.7 Å². The van der Waals surface area contributed by atoms with Crippen LogP contribution in [-0.4, -0.2) is 73.8 Å². The molecule has 0 heterocycles. The molecule has 0 saturated heterocycles. The normalized spacial score (nSPS) is 13.6. The molecule has 0 unspecified atom stereocenters. The van der Waals surface area contributed by atoms with Gasteiger partial charge in [-0.05, 0) is 59.6 Å². The molecular weight excluding hydrogens is 610 g/mol. The van der Waals surface area contributed by atoms with Crippen molar-refractivity contribution >= 4 is 38.0 Å². The fraction of sp³-hybridized carbons (Fsp3) is 0.645. The smallest absolute Gasteiger partial charge is 0.408 e. The minimum atomic E-state index is -4.29. The molecular formula is C31H48F2N2O9Si. The molecule has 0 aliphatic rings. The molecule has 2 atom stereocenters. The van der Waals surface area contributed by atoms with Crippen molar-refractivity contribution in [1.82, 2.24) is 10.6 Å². The lowest BCUT2D eigenvalue weighted by Gasteiger charge is -2.28. The number of halogens is 2. The fourth-order valence-corrected chi connectivity index (χ4v) is 4.23. The third kappa shape index (κ3) is 17.5. The second-order valence-corrected chi connectivity index (χ2v) is 19.5. The van der Waals surface area contributed by atoms with E-state index in [4.69, 9.17) is 18.9 Å². The van der Waals surface area contributed by atoms with Gasteiger partial charge in [-0.1, -0.05) is 50.0 Å². The molecule has 1 rings (SSSR count). The average molecular weight is 659 g/mol. The van der Waals surface area contributed by atoms with E-state index in [-0.39, 0.29) is 26.1 Å². The first kappa shape index (κ1) is 39.5. The third-order valence-corrected chi connectivity index (χ3v) is 7.44. The van der Waals surface area contributed by atoms with E-state index in [1.165, 1.54) is 20.8 Å². The topological polar surface area (TPSA) is 146 Å². The van der Waals surface area contributed by atoms with Crippen LogP contribution >= 0.6 is 0 Å². The Labute approximate surface area is 265 Å². The maximum Gasteiger partial charge on any atom is 0.408 e. The highest BCUT2D eigenvalue weighted by Crippen LogP contribution is 2.24. The summed E-state index contributed by atoms with van der Waals surface area (Å²) in [6.07, 6.45) is -3.42. The summed E-state index contributed by atoms with van der Waals surface area (Å²) in [6, 6.07) is 5.61. The molecule has 0 aromatic heterocycles. The van der Waals surface area contributed by atoms with E-state index in [1.54, 1.807) is 51.1 Å². The summed E-state index contributed by atoms with van der Waals surface area (Å²) in [5.74, 6) is -9.12. The Kier molecular flexibility index (Phi) is 14.6. The molecule has 0 aliphatic heterocycles. The van der Waals surface area contributed by atoms with Gasteiger partial charge in [0.15, 0.2) is 0 Å². The number of benzene rings is 1. The predicted molar refractivity (Wildman–Crippen MR) is 165 cm³/mol. The minimum absolute atomic E-state index is 0.183. The van der Waals surface area contributed by atoms with Gasteiger partial charge in [0.2, 0.25) is 0 Å². The van der Waals surface area contributed by atoms with Gasteiger partial charge in [-0.3, -0.25) is 9.59 Å². The Morgan fingerprint density at radius 3 is 1.84 bits per heavy atom. The van der Waals surface area contributed by atoms with Gasteiger partial charge in [-0.2, -0.15) is 8.78 Å². The summed E-state index contributed by atoms with van der Waals surface area (Å²) < 4.78 is 51.4. The highest BCUT2D eigenvalue weighted by molar-refractivity contribution is 6.76. The van der Waals surface area contributed by atoms with E-state index in [2.05, 4.69) is 25.0 Å². The van der Waals surface area contributed by atoms with E-state index in [1.807, 2.05) is 5.32 Å². The van der Waals surface area contributed by atoms with Gasteiger partial charge in [0, 0.05) is 14.5 Å². The zero-order chi connectivity index (χ0) is 34.6. The van der Waals surface area contributed by atoms with Crippen LogP contribution in [0.25, 0.3) is 0 Å². The Balaban J connectivity index is 3.05. The maximum atomic E-state index is 15.3. The zero-order valence-corrected chi connectivity index (χ0v) is 28.7. The molecule has 0 spiro atoms. The maximum absolute atomic E-state index is 15.3. The SMILES string of the molecule is CC(C)(C)OC(=O)[C@H](CC(F)(F)C(=O)N[C@@H](CCC(=O)OCC[Si](C)(C)C)C(=O)OC(C)(C)C)NC(=O)OCc1ccccc1. The highest BCUT2D eigenvalue weighted by Gasteiger charge is 2.46. The van der Waals surface area contributed by atoms with Crippen LogP contribution < -0.4 is 10.6 Å². The van der Waals surface area contributed by atoms with Gasteiger partial charge < -0.3 is 29.6 Å². The Bertz CT molecular complexity index is 1160. The van der Waals surface area contributed by atoms with Crippen molar-refractivity contribution in [3.63, 3.8) is 0 Å². The van der Waals surface area contributed by atoms with Crippen molar-refractivity contribution in [2.75, 3.05) is 6.61 Å². The van der Waals surface area contributed by atoms with Crippen LogP contribution in [0.4, 0.5) is 13.6 Å². The Morgan fingerprint density at radius 1 is 0.800 bits per heavy atom. The van der Waals surface area contributed by atoms with E-state index >= 15 is 8.78 Å². The molecule has 11 nitrogen and oxygen atoms in total. The Hall–Kier alpha value is -3.55. The number of rotatable bonds is 15. The number of ether oxygens (including phenoxy) is 4. The lowest BCUT2D eigenvalue weighted by molar-refractivity contribution is -0.166. The summed E-state index contributed by atoms with van der Waals surface area (Å²) in [6.45, 7) is 15.5. The molecule has 0 saturated carbocycles. The second kappa shape index (κ2) is 16.7. The molecule has 0 aliphatic carbocycles. The predicted octanol–water partition coefficient (Wildman–Crippen LogP) is 5.14. The number of carbonyl (C=O) groups excluding carboxylic acids is 5. The molecule has 0 fully saturated rings. The third-order valence-electron chi connectivity index (χ3n) is 5.74. The molecule has 254 valence electrons. The lowest BCUT2D eigenvalue weighted by atomic mass is 10.1. The van der Waals surface area contributed by atoms with E-state index in [0.29, 0.717) is 11.6 Å².